The second-order valence-corrected chi connectivity index (χ2v) is 11.6. The Hall–Kier alpha value is -3.37. The van der Waals surface area contributed by atoms with Gasteiger partial charge in [0.25, 0.3) is 0 Å². The van der Waals surface area contributed by atoms with E-state index in [-0.39, 0.29) is 29.6 Å². The van der Waals surface area contributed by atoms with Crippen LogP contribution < -0.4 is 10.0 Å². The van der Waals surface area contributed by atoms with Crippen molar-refractivity contribution in [3.05, 3.63) is 101 Å². The first-order chi connectivity index (χ1) is 18.7. The molecule has 0 radical (unpaired) electrons. The van der Waals surface area contributed by atoms with Crippen LogP contribution in [0.5, 0.6) is 0 Å². The molecule has 1 aliphatic rings. The fourth-order valence-electron chi connectivity index (χ4n) is 4.94. The van der Waals surface area contributed by atoms with E-state index in [0.717, 1.165) is 16.7 Å². The summed E-state index contributed by atoms with van der Waals surface area (Å²) in [6.45, 7) is 1.37. The largest absolute Gasteiger partial charge is 0.390 e. The number of carbonyl (C=O) groups excluding carboxylic acids is 2. The first kappa shape index (κ1) is 28.6. The third kappa shape index (κ3) is 7.19. The summed E-state index contributed by atoms with van der Waals surface area (Å²) in [6, 6.07) is 22.5. The maximum Gasteiger partial charge on any atom is 0.240 e. The summed E-state index contributed by atoms with van der Waals surface area (Å²) >= 11 is 0. The molecule has 0 fully saturated rings. The molecule has 9 heteroatoms. The molecule has 4 rings (SSSR count). The number of amides is 1. The zero-order chi connectivity index (χ0) is 28.0. The summed E-state index contributed by atoms with van der Waals surface area (Å²) in [7, 11) is -2.38. The lowest BCUT2D eigenvalue weighted by Crippen LogP contribution is -2.41. The molecule has 0 saturated carbocycles. The van der Waals surface area contributed by atoms with Crippen LogP contribution in [0.4, 0.5) is 0 Å². The van der Waals surface area contributed by atoms with Gasteiger partial charge in [0.1, 0.15) is 0 Å². The number of hydrogen-bond acceptors (Lipinski definition) is 6. The molecule has 0 saturated heterocycles. The SMILES string of the molecule is CO[C@H](CNS(=O)(=O)c1ccc(C(C)=O)cc1)C[C@@H](Cc1ccccc1)C(=O)N[C@H]1c2ccccc2C[C@H]1O. The van der Waals surface area contributed by atoms with Crippen LogP contribution in [0.3, 0.4) is 0 Å². The van der Waals surface area contributed by atoms with Gasteiger partial charge < -0.3 is 15.2 Å². The Kier molecular flexibility index (Phi) is 9.29. The van der Waals surface area contributed by atoms with Gasteiger partial charge >= 0.3 is 0 Å². The van der Waals surface area contributed by atoms with Gasteiger partial charge in [-0.05, 0) is 48.6 Å². The quantitative estimate of drug-likeness (QED) is 0.298. The summed E-state index contributed by atoms with van der Waals surface area (Å²) < 4.78 is 33.9. The Bertz CT molecular complexity index is 1390. The van der Waals surface area contributed by atoms with Crippen LogP contribution in [0.25, 0.3) is 0 Å². The van der Waals surface area contributed by atoms with Gasteiger partial charge in [-0.15, -0.1) is 0 Å². The molecular weight excluding hydrogens is 516 g/mol. The predicted molar refractivity (Wildman–Crippen MR) is 148 cm³/mol. The number of aliphatic hydroxyl groups excluding tert-OH is 1. The van der Waals surface area contributed by atoms with Crippen molar-refractivity contribution in [1.29, 1.82) is 0 Å². The highest BCUT2D eigenvalue weighted by Crippen LogP contribution is 2.32. The van der Waals surface area contributed by atoms with E-state index in [9.17, 15) is 23.1 Å². The molecule has 1 aliphatic carbocycles. The van der Waals surface area contributed by atoms with E-state index in [1.807, 2.05) is 54.6 Å². The monoisotopic (exact) mass is 550 g/mol. The van der Waals surface area contributed by atoms with Gasteiger partial charge in [0.15, 0.2) is 5.78 Å². The van der Waals surface area contributed by atoms with Crippen LogP contribution in [-0.4, -0.2) is 51.1 Å². The Labute approximate surface area is 229 Å². The van der Waals surface area contributed by atoms with Gasteiger partial charge in [-0.2, -0.15) is 0 Å². The number of methoxy groups -OCH3 is 1. The van der Waals surface area contributed by atoms with Crippen LogP contribution in [0, 0.1) is 5.92 Å². The first-order valence-electron chi connectivity index (χ1n) is 12.9. The Balaban J connectivity index is 1.47. The summed E-state index contributed by atoms with van der Waals surface area (Å²) in [6.07, 6.45) is -0.149. The van der Waals surface area contributed by atoms with Crippen molar-refractivity contribution in [2.75, 3.05) is 13.7 Å². The van der Waals surface area contributed by atoms with E-state index in [2.05, 4.69) is 10.0 Å². The van der Waals surface area contributed by atoms with E-state index in [1.54, 1.807) is 0 Å². The number of fused-ring (bicyclic) bond motifs is 1. The topological polar surface area (TPSA) is 122 Å². The van der Waals surface area contributed by atoms with E-state index >= 15 is 0 Å². The molecule has 3 aromatic rings. The number of carbonyl (C=O) groups is 2. The molecule has 3 N–H and O–H groups in total. The van der Waals surface area contributed by atoms with Crippen LogP contribution in [0.2, 0.25) is 0 Å². The van der Waals surface area contributed by atoms with Crippen LogP contribution >= 0.6 is 0 Å². The molecule has 3 aromatic carbocycles. The molecule has 0 unspecified atom stereocenters. The molecule has 0 bridgehead atoms. The third-order valence-corrected chi connectivity index (χ3v) is 8.59. The molecule has 0 heterocycles. The average molecular weight is 551 g/mol. The van der Waals surface area contributed by atoms with Crippen molar-refractivity contribution in [3.8, 4) is 0 Å². The van der Waals surface area contributed by atoms with Crippen LogP contribution in [0.1, 0.15) is 46.4 Å². The van der Waals surface area contributed by atoms with Crippen molar-refractivity contribution in [2.45, 2.75) is 49.3 Å². The van der Waals surface area contributed by atoms with Gasteiger partial charge in [0.05, 0.1) is 23.1 Å². The second-order valence-electron chi connectivity index (χ2n) is 9.87. The molecule has 39 heavy (non-hydrogen) atoms. The van der Waals surface area contributed by atoms with Gasteiger partial charge in [-0.1, -0.05) is 66.7 Å². The van der Waals surface area contributed by atoms with Crippen molar-refractivity contribution in [2.24, 2.45) is 5.92 Å². The van der Waals surface area contributed by atoms with Gasteiger partial charge in [-0.25, -0.2) is 13.1 Å². The van der Waals surface area contributed by atoms with Gasteiger partial charge in [-0.3, -0.25) is 9.59 Å². The zero-order valence-electron chi connectivity index (χ0n) is 22.0. The van der Waals surface area contributed by atoms with Gasteiger partial charge in [0.2, 0.25) is 15.9 Å². The lowest BCUT2D eigenvalue weighted by atomic mass is 9.92. The highest BCUT2D eigenvalue weighted by Gasteiger charge is 2.34. The molecule has 0 spiro atoms. The second kappa shape index (κ2) is 12.7. The molecule has 4 atom stereocenters. The minimum atomic E-state index is -3.86. The average Bonchev–Trinajstić information content (AvgIpc) is 3.25. The number of aliphatic hydroxyl groups is 1. The van der Waals surface area contributed by atoms with E-state index in [4.69, 9.17) is 4.74 Å². The number of nitrogens with one attached hydrogen (secondary N) is 2. The van der Waals surface area contributed by atoms with E-state index < -0.39 is 34.2 Å². The zero-order valence-corrected chi connectivity index (χ0v) is 22.9. The maximum atomic E-state index is 13.6. The minimum absolute atomic E-state index is 0.0369. The van der Waals surface area contributed by atoms with Gasteiger partial charge in [0, 0.05) is 31.6 Å². The smallest absolute Gasteiger partial charge is 0.240 e. The molecule has 0 aliphatic heterocycles. The standard InChI is InChI=1S/C30H34N2O6S/c1-20(33)22-12-14-26(15-13-22)39(36,37)31-19-25(38-2)17-24(16-21-8-4-3-5-9-21)30(35)32-29-27-11-7-6-10-23(27)18-28(29)34/h3-15,24-25,28-29,31,34H,16-19H2,1-2H3,(H,32,35)/t24-,25+,28-,29+/m1/s1. The Morgan fingerprint density at radius 2 is 1.67 bits per heavy atom. The fraction of sp³-hybridized carbons (Fsp3) is 0.333. The van der Waals surface area contributed by atoms with E-state index in [0.29, 0.717) is 18.4 Å². The number of ketones is 1. The summed E-state index contributed by atoms with van der Waals surface area (Å²) in [5, 5.41) is 13.7. The highest BCUT2D eigenvalue weighted by molar-refractivity contribution is 7.89. The Morgan fingerprint density at radius 3 is 2.33 bits per heavy atom. The number of sulfonamides is 1. The lowest BCUT2D eigenvalue weighted by Gasteiger charge is -2.26. The first-order valence-corrected chi connectivity index (χ1v) is 14.4. The number of hydrogen-bond donors (Lipinski definition) is 3. The predicted octanol–water partition coefficient (Wildman–Crippen LogP) is 3.21. The number of Topliss-reactive ketones (excluding diaryl/α,β-unsaturated/α-hetero) is 1. The van der Waals surface area contributed by atoms with E-state index in [1.165, 1.54) is 38.3 Å². The maximum absolute atomic E-state index is 13.6. The number of benzene rings is 3. The van der Waals surface area contributed by atoms with Crippen molar-refractivity contribution in [1.82, 2.24) is 10.0 Å². The van der Waals surface area contributed by atoms with Crippen molar-refractivity contribution < 1.29 is 27.9 Å². The molecule has 0 aromatic heterocycles. The normalized spacial score (nSPS) is 18.2. The Morgan fingerprint density at radius 1 is 1.00 bits per heavy atom. The highest BCUT2D eigenvalue weighted by atomic mass is 32.2. The molecular formula is C30H34N2O6S. The van der Waals surface area contributed by atoms with Crippen molar-refractivity contribution >= 4 is 21.7 Å². The number of rotatable bonds is 12. The third-order valence-electron chi connectivity index (χ3n) is 7.15. The van der Waals surface area contributed by atoms with Crippen LogP contribution in [-0.2, 0) is 32.4 Å². The summed E-state index contributed by atoms with van der Waals surface area (Å²) in [4.78, 5) is 25.1. The molecule has 1 amide bonds. The van der Waals surface area contributed by atoms with Crippen LogP contribution in [0.15, 0.2) is 83.8 Å². The minimum Gasteiger partial charge on any atom is -0.390 e. The molecule has 206 valence electrons. The van der Waals surface area contributed by atoms with Crippen molar-refractivity contribution in [3.63, 3.8) is 0 Å². The summed E-state index contributed by atoms with van der Waals surface area (Å²) in [5.74, 6) is -0.913. The summed E-state index contributed by atoms with van der Waals surface area (Å²) in [5.41, 5.74) is 3.30. The lowest BCUT2D eigenvalue weighted by molar-refractivity contribution is -0.127. The molecule has 8 nitrogen and oxygen atoms in total. The fourth-order valence-corrected chi connectivity index (χ4v) is 6.00. The number of ether oxygens (including phenoxy) is 1.